The zero-order valence-corrected chi connectivity index (χ0v) is 5.90. The number of alkyl halides is 1. The van der Waals surface area contributed by atoms with Gasteiger partial charge < -0.3 is 10.4 Å². The Labute approximate surface area is 54.8 Å². The molecule has 3 unspecified atom stereocenters. The first-order valence-corrected chi connectivity index (χ1v) is 3.08. The van der Waals surface area contributed by atoms with Crippen LogP contribution in [-0.2, 0) is 4.79 Å². The van der Waals surface area contributed by atoms with Gasteiger partial charge in [-0.05, 0) is 0 Å². The summed E-state index contributed by atoms with van der Waals surface area (Å²) in [5, 5.41) is 10.8. The lowest BCUT2D eigenvalue weighted by Gasteiger charge is -2.13. The van der Waals surface area contributed by atoms with Crippen molar-refractivity contribution in [1.82, 2.24) is 5.32 Å². The Kier molecular flexibility index (Phi) is 4.54. The van der Waals surface area contributed by atoms with E-state index in [0.717, 1.165) is 0 Å². The number of halogens is 1. The number of aliphatic hydroxyl groups is 1. The van der Waals surface area contributed by atoms with Crippen LogP contribution in [0.1, 0.15) is 0 Å². The van der Waals surface area contributed by atoms with Crippen molar-refractivity contribution < 1.29 is 14.3 Å². The van der Waals surface area contributed by atoms with Gasteiger partial charge in [0.1, 0.15) is 12.8 Å². The molecule has 0 bridgehead atoms. The van der Waals surface area contributed by atoms with Gasteiger partial charge in [0.2, 0.25) is 6.41 Å². The van der Waals surface area contributed by atoms with Gasteiger partial charge in [0, 0.05) is 0 Å². The minimum Gasteiger partial charge on any atom is -0.388 e. The van der Waals surface area contributed by atoms with Crippen LogP contribution in [0.3, 0.4) is 0 Å². The fourth-order valence-corrected chi connectivity index (χ4v) is 0.467. The van der Waals surface area contributed by atoms with Crippen LogP contribution in [0.5, 0.6) is 0 Å². The maximum Gasteiger partial charge on any atom is 0.207 e. The summed E-state index contributed by atoms with van der Waals surface area (Å²) in [7, 11) is 2.11. The number of hydrogen-bond donors (Lipinski definition) is 2. The zero-order valence-electron chi connectivity index (χ0n) is 4.75. The van der Waals surface area contributed by atoms with Crippen molar-refractivity contribution in [1.29, 1.82) is 0 Å². The van der Waals surface area contributed by atoms with Crippen LogP contribution in [0, 0.1) is 0 Å². The molecule has 0 saturated carbocycles. The average Bonchev–Trinajstić information content (AvgIpc) is 1.87. The van der Waals surface area contributed by atoms with Crippen LogP contribution in [-0.4, -0.2) is 30.1 Å². The molecule has 0 rings (SSSR count). The molecule has 54 valence electrons. The van der Waals surface area contributed by atoms with Crippen molar-refractivity contribution in [3.63, 3.8) is 0 Å². The highest BCUT2D eigenvalue weighted by molar-refractivity contribution is 7.17. The first-order chi connectivity index (χ1) is 4.22. The molecule has 0 heterocycles. The molecule has 3 atom stereocenters. The van der Waals surface area contributed by atoms with Crippen molar-refractivity contribution in [2.45, 2.75) is 11.9 Å². The smallest absolute Gasteiger partial charge is 0.207 e. The molecule has 0 saturated heterocycles. The van der Waals surface area contributed by atoms with Gasteiger partial charge in [0.05, 0.1) is 5.78 Å². The zero-order chi connectivity index (χ0) is 7.28. The molecule has 0 aromatic carbocycles. The van der Waals surface area contributed by atoms with E-state index < -0.39 is 18.6 Å². The van der Waals surface area contributed by atoms with Gasteiger partial charge in [-0.1, -0.05) is 0 Å². The third-order valence-corrected chi connectivity index (χ3v) is 1.47. The van der Waals surface area contributed by atoms with Crippen LogP contribution in [0.25, 0.3) is 0 Å². The van der Waals surface area contributed by atoms with Gasteiger partial charge in [0.15, 0.2) is 0 Å². The second kappa shape index (κ2) is 4.65. The van der Waals surface area contributed by atoms with E-state index in [2.05, 4.69) is 14.6 Å². The van der Waals surface area contributed by atoms with E-state index in [1.165, 1.54) is 0 Å². The highest BCUT2D eigenvalue weighted by Crippen LogP contribution is 2.01. The summed E-state index contributed by atoms with van der Waals surface area (Å²) in [5.41, 5.74) is 0. The Morgan fingerprint density at radius 2 is 2.44 bits per heavy atom. The molecule has 0 spiro atoms. The summed E-state index contributed by atoms with van der Waals surface area (Å²) in [6, 6.07) is 0. The lowest BCUT2D eigenvalue weighted by Crippen LogP contribution is -2.35. The van der Waals surface area contributed by atoms with E-state index in [0.29, 0.717) is 6.41 Å². The molecule has 0 aromatic heterocycles. The molecule has 0 aromatic rings. The molecule has 3 nitrogen and oxygen atoms in total. The largest absolute Gasteiger partial charge is 0.388 e. The van der Waals surface area contributed by atoms with E-state index >= 15 is 0 Å². The fourth-order valence-electron chi connectivity index (χ4n) is 0.286. The van der Waals surface area contributed by atoms with Gasteiger partial charge in [0.25, 0.3) is 0 Å². The quantitative estimate of drug-likeness (QED) is 0.413. The normalized spacial score (nSPS) is 16.3. The number of amides is 1. The topological polar surface area (TPSA) is 49.3 Å². The highest BCUT2D eigenvalue weighted by Gasteiger charge is 2.11. The van der Waals surface area contributed by atoms with Crippen LogP contribution in [0.4, 0.5) is 4.39 Å². The number of aliphatic hydroxyl groups excluding tert-OH is 1. The molecule has 0 aliphatic rings. The first-order valence-electron chi connectivity index (χ1n) is 2.41. The van der Waals surface area contributed by atoms with E-state index in [4.69, 9.17) is 5.11 Å². The van der Waals surface area contributed by atoms with Gasteiger partial charge in [-0.3, -0.25) is 4.79 Å². The number of carbonyl (C=O) groups is 1. The molecular formula is C4H9FNO2P. The molecule has 9 heavy (non-hydrogen) atoms. The standard InChI is InChI=1S/C4H9FNO2P/c5-1-3(8)4(9)6-2-7/h2-4,8H,1,9H2,(H,6,7). The maximum atomic E-state index is 11.5. The van der Waals surface area contributed by atoms with Crippen LogP contribution in [0.15, 0.2) is 0 Å². The third kappa shape index (κ3) is 3.38. The molecule has 0 radical (unpaired) electrons. The molecule has 0 aliphatic carbocycles. The van der Waals surface area contributed by atoms with Crippen molar-refractivity contribution >= 4 is 15.6 Å². The predicted molar refractivity (Wildman–Crippen MR) is 34.7 cm³/mol. The minimum absolute atomic E-state index is 0.413. The van der Waals surface area contributed by atoms with E-state index in [1.807, 2.05) is 0 Å². The summed E-state index contributed by atoms with van der Waals surface area (Å²) < 4.78 is 11.5. The van der Waals surface area contributed by atoms with Gasteiger partial charge in [-0.25, -0.2) is 4.39 Å². The predicted octanol–water partition coefficient (Wildman–Crippen LogP) is -0.736. The van der Waals surface area contributed by atoms with Crippen molar-refractivity contribution in [3.05, 3.63) is 0 Å². The van der Waals surface area contributed by atoms with Crippen LogP contribution >= 0.6 is 9.24 Å². The average molecular weight is 153 g/mol. The van der Waals surface area contributed by atoms with Crippen molar-refractivity contribution in [3.8, 4) is 0 Å². The van der Waals surface area contributed by atoms with E-state index in [-0.39, 0.29) is 0 Å². The molecule has 5 heteroatoms. The van der Waals surface area contributed by atoms with Crippen LogP contribution in [0.2, 0.25) is 0 Å². The Bertz CT molecular complexity index is 92.6. The van der Waals surface area contributed by atoms with Gasteiger partial charge in [-0.2, -0.15) is 0 Å². The Morgan fingerprint density at radius 3 is 2.78 bits per heavy atom. The molecule has 1 amide bonds. The monoisotopic (exact) mass is 153 g/mol. The Balaban J connectivity index is 3.44. The summed E-state index contributed by atoms with van der Waals surface area (Å²) in [5.74, 6) is -0.590. The van der Waals surface area contributed by atoms with E-state index in [9.17, 15) is 9.18 Å². The Hall–Kier alpha value is -0.210. The summed E-state index contributed by atoms with van der Waals surface area (Å²) in [6.07, 6.45) is -0.712. The second-order valence-electron chi connectivity index (χ2n) is 1.53. The van der Waals surface area contributed by atoms with E-state index in [1.54, 1.807) is 0 Å². The minimum atomic E-state index is -1.12. The fraction of sp³-hybridized carbons (Fsp3) is 0.750. The summed E-state index contributed by atoms with van der Waals surface area (Å²) in [4.78, 5) is 9.68. The summed E-state index contributed by atoms with van der Waals surface area (Å²) in [6.45, 7) is -0.852. The SMILES string of the molecule is O=CNC(P)C(O)CF. The highest BCUT2D eigenvalue weighted by atomic mass is 31.0. The summed E-state index contributed by atoms with van der Waals surface area (Å²) >= 11 is 0. The molecule has 2 N–H and O–H groups in total. The lowest BCUT2D eigenvalue weighted by molar-refractivity contribution is -0.110. The number of carbonyl (C=O) groups excluding carboxylic acids is 1. The van der Waals surface area contributed by atoms with Gasteiger partial charge >= 0.3 is 0 Å². The number of rotatable bonds is 4. The van der Waals surface area contributed by atoms with Gasteiger partial charge in [-0.15, -0.1) is 9.24 Å². The third-order valence-electron chi connectivity index (χ3n) is 0.833. The van der Waals surface area contributed by atoms with Crippen molar-refractivity contribution in [2.24, 2.45) is 0 Å². The van der Waals surface area contributed by atoms with Crippen molar-refractivity contribution in [2.75, 3.05) is 6.67 Å². The second-order valence-corrected chi connectivity index (χ2v) is 2.25. The number of hydrogen-bond acceptors (Lipinski definition) is 2. The lowest BCUT2D eigenvalue weighted by atomic mass is 10.4. The number of nitrogens with one attached hydrogen (secondary N) is 1. The Morgan fingerprint density at radius 1 is 1.89 bits per heavy atom. The molecular weight excluding hydrogens is 144 g/mol. The maximum absolute atomic E-state index is 11.5. The van der Waals surface area contributed by atoms with Crippen LogP contribution < -0.4 is 5.32 Å². The first kappa shape index (κ1) is 8.79. The molecule has 0 fully saturated rings. The molecule has 0 aliphatic heterocycles.